The summed E-state index contributed by atoms with van der Waals surface area (Å²) in [5.74, 6) is 1.01. The average molecular weight is 397 g/mol. The van der Waals surface area contributed by atoms with E-state index in [9.17, 15) is 9.59 Å². The van der Waals surface area contributed by atoms with Gasteiger partial charge < -0.3 is 24.9 Å². The third-order valence-electron chi connectivity index (χ3n) is 4.78. The second-order valence-corrected chi connectivity index (χ2v) is 6.74. The van der Waals surface area contributed by atoms with Crippen molar-refractivity contribution in [3.63, 3.8) is 0 Å². The molecule has 2 heterocycles. The fourth-order valence-electron chi connectivity index (χ4n) is 3.18. The van der Waals surface area contributed by atoms with Gasteiger partial charge in [0.1, 0.15) is 0 Å². The van der Waals surface area contributed by atoms with Crippen LogP contribution in [0.2, 0.25) is 0 Å². The predicted octanol–water partition coefficient (Wildman–Crippen LogP) is 1.32. The van der Waals surface area contributed by atoms with Gasteiger partial charge in [0.25, 0.3) is 5.91 Å². The Hall–Kier alpha value is -3.29. The highest BCUT2D eigenvalue weighted by Crippen LogP contribution is 2.09. The van der Waals surface area contributed by atoms with Gasteiger partial charge in [-0.05, 0) is 17.7 Å². The normalized spacial score (nSPS) is 14.6. The number of nitrogens with zero attached hydrogens (tertiary/aromatic N) is 3. The van der Waals surface area contributed by atoms with Crippen molar-refractivity contribution in [1.29, 1.82) is 0 Å². The Bertz CT molecular complexity index is 812. The molecule has 0 bridgehead atoms. The van der Waals surface area contributed by atoms with Gasteiger partial charge in [-0.15, -0.1) is 0 Å². The number of piperazine rings is 1. The number of aliphatic imine (C=N–C) groups is 1. The number of benzene rings is 1. The van der Waals surface area contributed by atoms with Gasteiger partial charge in [0.05, 0.1) is 6.26 Å². The molecule has 1 aromatic carbocycles. The Morgan fingerprint density at radius 1 is 1.00 bits per heavy atom. The number of rotatable bonds is 6. The molecule has 2 amide bonds. The lowest BCUT2D eigenvalue weighted by atomic mass is 10.2. The van der Waals surface area contributed by atoms with Crippen LogP contribution in [0, 0.1) is 0 Å². The highest BCUT2D eigenvalue weighted by molar-refractivity contribution is 5.91. The molecule has 0 saturated carbocycles. The minimum Gasteiger partial charge on any atom is -0.459 e. The molecular formula is C21H27N5O3. The van der Waals surface area contributed by atoms with Crippen molar-refractivity contribution >= 4 is 17.8 Å². The van der Waals surface area contributed by atoms with Crippen molar-refractivity contribution in [2.45, 2.75) is 13.0 Å². The fourth-order valence-corrected chi connectivity index (χ4v) is 3.18. The number of amides is 2. The van der Waals surface area contributed by atoms with Crippen LogP contribution in [-0.4, -0.2) is 67.3 Å². The minimum atomic E-state index is -0.0901. The number of guanidine groups is 1. The first-order valence-corrected chi connectivity index (χ1v) is 9.76. The van der Waals surface area contributed by atoms with Crippen LogP contribution < -0.4 is 10.6 Å². The fraction of sp³-hybridized carbons (Fsp3) is 0.381. The summed E-state index contributed by atoms with van der Waals surface area (Å²) in [5, 5.41) is 6.15. The van der Waals surface area contributed by atoms with Crippen molar-refractivity contribution in [2.75, 3.05) is 39.8 Å². The summed E-state index contributed by atoms with van der Waals surface area (Å²) in [7, 11) is 1.72. The second kappa shape index (κ2) is 10.3. The van der Waals surface area contributed by atoms with Crippen LogP contribution in [0.15, 0.2) is 58.1 Å². The monoisotopic (exact) mass is 397 g/mol. The number of hydrogen-bond acceptors (Lipinski definition) is 4. The van der Waals surface area contributed by atoms with Crippen LogP contribution >= 0.6 is 0 Å². The zero-order valence-corrected chi connectivity index (χ0v) is 16.6. The lowest BCUT2D eigenvalue weighted by molar-refractivity contribution is -0.121. The van der Waals surface area contributed by atoms with Gasteiger partial charge in [-0.2, -0.15) is 0 Å². The lowest BCUT2D eigenvalue weighted by Gasteiger charge is -2.36. The number of hydrogen-bond donors (Lipinski definition) is 2. The van der Waals surface area contributed by atoms with Crippen LogP contribution in [0.3, 0.4) is 0 Å². The SMILES string of the molecule is CN=C(NCCC(=O)NCc1ccccc1)N1CCN(C(=O)c2ccco2)CC1. The molecule has 0 spiro atoms. The zero-order valence-electron chi connectivity index (χ0n) is 16.6. The Kier molecular flexibility index (Phi) is 7.27. The van der Waals surface area contributed by atoms with Gasteiger partial charge in [-0.1, -0.05) is 30.3 Å². The summed E-state index contributed by atoms with van der Waals surface area (Å²) < 4.78 is 5.19. The highest BCUT2D eigenvalue weighted by Gasteiger charge is 2.25. The molecule has 29 heavy (non-hydrogen) atoms. The van der Waals surface area contributed by atoms with Crippen LogP contribution in [0.1, 0.15) is 22.5 Å². The van der Waals surface area contributed by atoms with Gasteiger partial charge >= 0.3 is 0 Å². The summed E-state index contributed by atoms with van der Waals surface area (Å²) in [6.45, 7) is 3.56. The van der Waals surface area contributed by atoms with Crippen molar-refractivity contribution in [3.8, 4) is 0 Å². The standard InChI is InChI=1S/C21H27N5O3/c1-22-21(23-10-9-19(27)24-16-17-6-3-2-4-7-17)26-13-11-25(12-14-26)20(28)18-8-5-15-29-18/h2-8,15H,9-14,16H2,1H3,(H,22,23)(H,24,27). The Balaban J connectivity index is 1.37. The third-order valence-corrected chi connectivity index (χ3v) is 4.78. The van der Waals surface area contributed by atoms with Crippen LogP contribution in [0.4, 0.5) is 0 Å². The van der Waals surface area contributed by atoms with E-state index in [1.807, 2.05) is 30.3 Å². The molecule has 8 nitrogen and oxygen atoms in total. The first kappa shape index (κ1) is 20.4. The summed E-state index contributed by atoms with van der Waals surface area (Å²) in [5.41, 5.74) is 1.08. The van der Waals surface area contributed by atoms with E-state index in [4.69, 9.17) is 4.42 Å². The smallest absolute Gasteiger partial charge is 0.289 e. The van der Waals surface area contributed by atoms with Crippen molar-refractivity contribution in [2.24, 2.45) is 4.99 Å². The number of carbonyl (C=O) groups excluding carboxylic acids is 2. The van der Waals surface area contributed by atoms with E-state index in [0.717, 1.165) is 11.5 Å². The van der Waals surface area contributed by atoms with E-state index < -0.39 is 0 Å². The zero-order chi connectivity index (χ0) is 20.5. The third kappa shape index (κ3) is 5.84. The molecule has 1 aromatic heterocycles. The number of nitrogens with one attached hydrogen (secondary N) is 2. The molecule has 1 aliphatic rings. The number of furan rings is 1. The van der Waals surface area contributed by atoms with Gasteiger partial charge in [0.15, 0.2) is 11.7 Å². The summed E-state index contributed by atoms with van der Waals surface area (Å²) >= 11 is 0. The molecule has 1 aliphatic heterocycles. The van der Waals surface area contributed by atoms with Crippen LogP contribution in [0.5, 0.6) is 0 Å². The molecular weight excluding hydrogens is 370 g/mol. The molecule has 3 rings (SSSR count). The van der Waals surface area contributed by atoms with Gasteiger partial charge in [-0.25, -0.2) is 0 Å². The summed E-state index contributed by atoms with van der Waals surface area (Å²) in [4.78, 5) is 32.5. The molecule has 1 fully saturated rings. The Labute approximate surface area is 170 Å². The molecule has 1 saturated heterocycles. The molecule has 2 aromatic rings. The van der Waals surface area contributed by atoms with E-state index in [1.54, 1.807) is 24.1 Å². The molecule has 0 atom stereocenters. The average Bonchev–Trinajstić information content (AvgIpc) is 3.31. The van der Waals surface area contributed by atoms with E-state index in [1.165, 1.54) is 6.26 Å². The molecule has 154 valence electrons. The minimum absolute atomic E-state index is 0.00864. The van der Waals surface area contributed by atoms with E-state index in [0.29, 0.717) is 51.4 Å². The molecule has 8 heteroatoms. The highest BCUT2D eigenvalue weighted by atomic mass is 16.3. The van der Waals surface area contributed by atoms with Gasteiger partial charge in [0, 0.05) is 52.7 Å². The quantitative estimate of drug-likeness (QED) is 0.567. The first-order chi connectivity index (χ1) is 14.2. The van der Waals surface area contributed by atoms with E-state index in [-0.39, 0.29) is 11.8 Å². The maximum absolute atomic E-state index is 12.3. The molecule has 0 aliphatic carbocycles. The summed E-state index contributed by atoms with van der Waals surface area (Å²) in [6, 6.07) is 13.2. The van der Waals surface area contributed by atoms with Crippen molar-refractivity contribution < 1.29 is 14.0 Å². The van der Waals surface area contributed by atoms with Crippen molar-refractivity contribution in [3.05, 3.63) is 60.1 Å². The summed E-state index contributed by atoms with van der Waals surface area (Å²) in [6.07, 6.45) is 1.87. The van der Waals surface area contributed by atoms with Gasteiger partial charge in [0.2, 0.25) is 5.91 Å². The molecule has 0 unspecified atom stereocenters. The van der Waals surface area contributed by atoms with Crippen LogP contribution in [-0.2, 0) is 11.3 Å². The molecule has 2 N–H and O–H groups in total. The van der Waals surface area contributed by atoms with E-state index in [2.05, 4.69) is 20.5 Å². The maximum Gasteiger partial charge on any atom is 0.289 e. The Morgan fingerprint density at radius 2 is 1.72 bits per heavy atom. The molecule has 0 radical (unpaired) electrons. The van der Waals surface area contributed by atoms with Crippen LogP contribution in [0.25, 0.3) is 0 Å². The maximum atomic E-state index is 12.3. The largest absolute Gasteiger partial charge is 0.459 e. The van der Waals surface area contributed by atoms with E-state index >= 15 is 0 Å². The Morgan fingerprint density at radius 3 is 2.38 bits per heavy atom. The topological polar surface area (TPSA) is 90.2 Å². The van der Waals surface area contributed by atoms with Crippen molar-refractivity contribution in [1.82, 2.24) is 20.4 Å². The van der Waals surface area contributed by atoms with Gasteiger partial charge in [-0.3, -0.25) is 14.6 Å². The number of carbonyl (C=O) groups is 2. The lowest BCUT2D eigenvalue weighted by Crippen LogP contribution is -2.54. The second-order valence-electron chi connectivity index (χ2n) is 6.74. The first-order valence-electron chi connectivity index (χ1n) is 9.76. The predicted molar refractivity (Wildman–Crippen MR) is 110 cm³/mol.